The number of aliphatic hydroxyl groups is 1. The number of nitrogen functional groups attached to an aromatic ring is 1. The van der Waals surface area contributed by atoms with Gasteiger partial charge in [-0.1, -0.05) is 11.8 Å². The number of carbonyl (C=O) groups is 1. The van der Waals surface area contributed by atoms with E-state index >= 15 is 0 Å². The number of rotatable bonds is 4. The highest BCUT2D eigenvalue weighted by atomic mass is 16.3. The van der Waals surface area contributed by atoms with Gasteiger partial charge in [0.1, 0.15) is 11.4 Å². The zero-order valence-electron chi connectivity index (χ0n) is 21.3. The van der Waals surface area contributed by atoms with Gasteiger partial charge >= 0.3 is 0 Å². The summed E-state index contributed by atoms with van der Waals surface area (Å²) in [7, 11) is 1.86. The molecule has 1 aliphatic carbocycles. The number of aromatic nitrogens is 4. The summed E-state index contributed by atoms with van der Waals surface area (Å²) in [6.07, 6.45) is 5.39. The number of hydrogen-bond acceptors (Lipinski definition) is 6. The first-order valence-corrected chi connectivity index (χ1v) is 12.1. The zero-order chi connectivity index (χ0) is 25.8. The van der Waals surface area contributed by atoms with Crippen LogP contribution in [0.15, 0.2) is 30.6 Å². The van der Waals surface area contributed by atoms with Gasteiger partial charge < -0.3 is 15.7 Å². The second-order valence-corrected chi connectivity index (χ2v) is 10.2. The number of benzene rings is 1. The zero-order valence-corrected chi connectivity index (χ0v) is 21.3. The van der Waals surface area contributed by atoms with Crippen molar-refractivity contribution < 1.29 is 9.90 Å². The molecule has 0 aliphatic heterocycles. The first-order valence-electron chi connectivity index (χ1n) is 12.1. The van der Waals surface area contributed by atoms with Gasteiger partial charge in [-0.2, -0.15) is 5.10 Å². The lowest BCUT2D eigenvalue weighted by Crippen LogP contribution is -2.33. The summed E-state index contributed by atoms with van der Waals surface area (Å²) >= 11 is 0. The fourth-order valence-electron chi connectivity index (χ4n) is 4.47. The van der Waals surface area contributed by atoms with Crippen molar-refractivity contribution in [2.75, 3.05) is 5.73 Å². The molecule has 3 aromatic heterocycles. The predicted molar refractivity (Wildman–Crippen MR) is 140 cm³/mol. The molecule has 184 valence electrons. The Bertz CT molecular complexity index is 1580. The van der Waals surface area contributed by atoms with Gasteiger partial charge in [-0.05, 0) is 69.9 Å². The number of anilines is 1. The van der Waals surface area contributed by atoms with Crippen LogP contribution < -0.4 is 5.73 Å². The molecule has 0 saturated heterocycles. The van der Waals surface area contributed by atoms with Crippen LogP contribution in [-0.2, 0) is 13.6 Å². The van der Waals surface area contributed by atoms with Gasteiger partial charge in [0.25, 0.3) is 5.91 Å². The minimum atomic E-state index is -1.07. The molecule has 5 rings (SSSR count). The molecule has 0 unspecified atom stereocenters. The summed E-state index contributed by atoms with van der Waals surface area (Å²) < 4.78 is 1.77. The first-order chi connectivity index (χ1) is 17.0. The van der Waals surface area contributed by atoms with E-state index < -0.39 is 5.60 Å². The van der Waals surface area contributed by atoms with Gasteiger partial charge in [0, 0.05) is 35.8 Å². The Kier molecular flexibility index (Phi) is 5.68. The van der Waals surface area contributed by atoms with Crippen molar-refractivity contribution in [2.24, 2.45) is 7.05 Å². The lowest BCUT2D eigenvalue weighted by atomic mass is 10.0. The fraction of sp³-hybridized carbons (Fsp3) is 0.357. The van der Waals surface area contributed by atoms with E-state index in [0.717, 1.165) is 57.0 Å². The van der Waals surface area contributed by atoms with Crippen molar-refractivity contribution in [2.45, 2.75) is 58.7 Å². The number of pyridine rings is 2. The summed E-state index contributed by atoms with van der Waals surface area (Å²) in [6.45, 7) is 7.61. The number of amides is 1. The monoisotopic (exact) mass is 482 g/mol. The lowest BCUT2D eigenvalue weighted by molar-refractivity contribution is 0.0727. The van der Waals surface area contributed by atoms with Crippen LogP contribution in [0.5, 0.6) is 0 Å². The van der Waals surface area contributed by atoms with Crippen LogP contribution in [0.25, 0.3) is 21.8 Å². The molecule has 36 heavy (non-hydrogen) atoms. The molecule has 0 spiro atoms. The maximum atomic E-state index is 13.9. The van der Waals surface area contributed by atoms with E-state index in [1.807, 2.05) is 44.0 Å². The molecule has 0 atom stereocenters. The Labute approximate surface area is 210 Å². The smallest absolute Gasteiger partial charge is 0.254 e. The van der Waals surface area contributed by atoms with E-state index in [9.17, 15) is 9.90 Å². The molecular weight excluding hydrogens is 452 g/mol. The van der Waals surface area contributed by atoms with E-state index in [-0.39, 0.29) is 11.9 Å². The highest BCUT2D eigenvalue weighted by molar-refractivity contribution is 6.10. The van der Waals surface area contributed by atoms with Gasteiger partial charge in [-0.15, -0.1) is 0 Å². The Balaban J connectivity index is 1.50. The van der Waals surface area contributed by atoms with Crippen LogP contribution >= 0.6 is 0 Å². The summed E-state index contributed by atoms with van der Waals surface area (Å²) in [5, 5.41) is 15.9. The first kappa shape index (κ1) is 23.8. The topological polar surface area (TPSA) is 110 Å². The number of fused-ring (bicyclic) bond motifs is 3. The Morgan fingerprint density at radius 3 is 2.61 bits per heavy atom. The molecule has 1 amide bonds. The van der Waals surface area contributed by atoms with Crippen LogP contribution in [0.1, 0.15) is 59.4 Å². The number of nitrogens with zero attached hydrogens (tertiary/aromatic N) is 5. The quantitative estimate of drug-likeness (QED) is 0.430. The van der Waals surface area contributed by atoms with Crippen molar-refractivity contribution >= 4 is 33.5 Å². The SMILES string of the molecule is Cc1cc(CN(C(=O)c2cc3c(cc2C)nc(N)c2cnn(C)c23)C2CC2)ncc1C#CC(C)(C)O. The van der Waals surface area contributed by atoms with Crippen LogP contribution in [0, 0.1) is 25.7 Å². The molecule has 0 bridgehead atoms. The van der Waals surface area contributed by atoms with E-state index in [1.54, 1.807) is 30.9 Å². The van der Waals surface area contributed by atoms with Gasteiger partial charge in [-0.3, -0.25) is 14.5 Å². The average molecular weight is 483 g/mol. The van der Waals surface area contributed by atoms with E-state index in [1.165, 1.54) is 0 Å². The average Bonchev–Trinajstić information content (AvgIpc) is 3.57. The van der Waals surface area contributed by atoms with E-state index in [0.29, 0.717) is 17.9 Å². The van der Waals surface area contributed by atoms with Crippen LogP contribution in [0.2, 0.25) is 0 Å². The highest BCUT2D eigenvalue weighted by Gasteiger charge is 2.34. The largest absolute Gasteiger partial charge is 0.383 e. The molecule has 1 fully saturated rings. The molecule has 8 heteroatoms. The minimum absolute atomic E-state index is 0.0191. The molecular formula is C28H30N6O2. The molecule has 1 aliphatic rings. The van der Waals surface area contributed by atoms with Crippen molar-refractivity contribution in [3.05, 3.63) is 58.5 Å². The number of carbonyl (C=O) groups excluding carboxylic acids is 1. The van der Waals surface area contributed by atoms with Gasteiger partial charge in [0.15, 0.2) is 0 Å². The van der Waals surface area contributed by atoms with Crippen molar-refractivity contribution in [3.8, 4) is 11.8 Å². The Morgan fingerprint density at radius 2 is 1.94 bits per heavy atom. The Morgan fingerprint density at radius 1 is 1.19 bits per heavy atom. The van der Waals surface area contributed by atoms with Crippen molar-refractivity contribution in [3.63, 3.8) is 0 Å². The van der Waals surface area contributed by atoms with Crippen molar-refractivity contribution in [1.82, 2.24) is 24.6 Å². The Hall–Kier alpha value is -3.96. The van der Waals surface area contributed by atoms with Gasteiger partial charge in [0.05, 0.1) is 34.9 Å². The highest BCUT2D eigenvalue weighted by Crippen LogP contribution is 2.33. The second-order valence-electron chi connectivity index (χ2n) is 10.2. The standard InChI is InChI=1S/C28H30N6O2/c1-16-10-19(30-13-18(16)8-9-28(3,4)36)15-34(20-6-7-20)27(35)21-12-22-24(11-17(21)2)32-26(29)23-14-31-33(5)25(22)23/h10-14,20,36H,6-7,15H2,1-5H3,(H2,29,32). The van der Waals surface area contributed by atoms with Crippen LogP contribution in [0.3, 0.4) is 0 Å². The molecule has 1 saturated carbocycles. The summed E-state index contributed by atoms with van der Waals surface area (Å²) in [4.78, 5) is 24.9. The molecule has 3 heterocycles. The van der Waals surface area contributed by atoms with Crippen LogP contribution in [-0.4, -0.2) is 47.3 Å². The third kappa shape index (κ3) is 4.50. The molecule has 4 aromatic rings. The van der Waals surface area contributed by atoms with E-state index in [2.05, 4.69) is 26.9 Å². The lowest BCUT2D eigenvalue weighted by Gasteiger charge is -2.23. The number of nitrogens with two attached hydrogens (primary N) is 1. The maximum Gasteiger partial charge on any atom is 0.254 e. The molecule has 1 aromatic carbocycles. The summed E-state index contributed by atoms with van der Waals surface area (Å²) in [6, 6.07) is 6.02. The minimum Gasteiger partial charge on any atom is -0.383 e. The third-order valence-electron chi connectivity index (χ3n) is 6.54. The summed E-state index contributed by atoms with van der Waals surface area (Å²) in [5.41, 5.74) is 10.7. The van der Waals surface area contributed by atoms with E-state index in [4.69, 9.17) is 5.73 Å². The normalized spacial score (nSPS) is 13.6. The maximum absolute atomic E-state index is 13.9. The summed E-state index contributed by atoms with van der Waals surface area (Å²) in [5.74, 6) is 6.24. The fourth-order valence-corrected chi connectivity index (χ4v) is 4.47. The van der Waals surface area contributed by atoms with Crippen LogP contribution in [0.4, 0.5) is 5.82 Å². The third-order valence-corrected chi connectivity index (χ3v) is 6.54. The molecule has 0 radical (unpaired) electrons. The van der Waals surface area contributed by atoms with Gasteiger partial charge in [0.2, 0.25) is 0 Å². The number of aryl methyl sites for hydroxylation is 3. The predicted octanol–water partition coefficient (Wildman–Crippen LogP) is 3.64. The second kappa shape index (κ2) is 8.61. The molecule has 3 N–H and O–H groups in total. The van der Waals surface area contributed by atoms with Crippen molar-refractivity contribution in [1.29, 1.82) is 0 Å². The number of hydrogen-bond donors (Lipinski definition) is 2. The molecule has 8 nitrogen and oxygen atoms in total. The van der Waals surface area contributed by atoms with Gasteiger partial charge in [-0.25, -0.2) is 4.98 Å².